The van der Waals surface area contributed by atoms with Gasteiger partial charge in [-0.25, -0.2) is 4.79 Å². The second kappa shape index (κ2) is 5.86. The molecule has 0 aliphatic carbocycles. The number of carbonyl (C=O) groups excluding carboxylic acids is 1. The number of urea groups is 1. The Bertz CT molecular complexity index is 786. The zero-order chi connectivity index (χ0) is 16.7. The molecule has 0 aromatic heterocycles. The summed E-state index contributed by atoms with van der Waals surface area (Å²) in [4.78, 5) is 17.3. The average molecular weight is 321 g/mol. The predicted octanol–water partition coefficient (Wildman–Crippen LogP) is 4.32. The number of hydrogen-bond donors (Lipinski definition) is 1. The molecule has 1 saturated heterocycles. The van der Waals surface area contributed by atoms with E-state index in [4.69, 9.17) is 0 Å². The molecule has 2 aromatic carbocycles. The molecule has 2 aromatic rings. The van der Waals surface area contributed by atoms with Crippen molar-refractivity contribution in [1.29, 1.82) is 0 Å². The molecule has 0 unspecified atom stereocenters. The molecule has 0 spiro atoms. The Balaban J connectivity index is 1.62. The van der Waals surface area contributed by atoms with Gasteiger partial charge in [0.2, 0.25) is 0 Å². The molecule has 4 heteroatoms. The van der Waals surface area contributed by atoms with Crippen molar-refractivity contribution in [2.75, 3.05) is 28.2 Å². The van der Waals surface area contributed by atoms with Crippen molar-refractivity contribution in [2.45, 2.75) is 32.7 Å². The minimum atomic E-state index is -0.0442. The van der Waals surface area contributed by atoms with E-state index in [-0.39, 0.29) is 6.03 Å². The topological polar surface area (TPSA) is 35.6 Å². The number of hydrogen-bond acceptors (Lipinski definition) is 2. The van der Waals surface area contributed by atoms with Crippen molar-refractivity contribution in [3.63, 3.8) is 0 Å². The molecular formula is C20H23N3O. The summed E-state index contributed by atoms with van der Waals surface area (Å²) < 4.78 is 0. The number of nitrogens with one attached hydrogen (secondary N) is 1. The van der Waals surface area contributed by atoms with Gasteiger partial charge in [0.15, 0.2) is 0 Å². The molecule has 4 rings (SSSR count). The van der Waals surface area contributed by atoms with Crippen LogP contribution in [0.1, 0.15) is 24.0 Å². The maximum atomic E-state index is 12.9. The van der Waals surface area contributed by atoms with E-state index in [0.717, 1.165) is 30.9 Å². The van der Waals surface area contributed by atoms with Gasteiger partial charge in [-0.1, -0.05) is 18.2 Å². The largest absolute Gasteiger partial charge is 0.365 e. The first-order valence-electron chi connectivity index (χ1n) is 8.65. The van der Waals surface area contributed by atoms with Gasteiger partial charge in [0, 0.05) is 24.8 Å². The Labute approximate surface area is 143 Å². The standard InChI is InChI=1S/C20H23N3O/c1-14-9-10-16(12-15(14)2)21-20(24)23-13-17-6-5-11-22(17)18-7-3-4-8-19(18)23/h3-4,7-10,12,17H,5-6,11,13H2,1-2H3,(H,21,24)/t17-/m0/s1. The quantitative estimate of drug-likeness (QED) is 0.849. The van der Waals surface area contributed by atoms with Crippen LogP contribution < -0.4 is 15.1 Å². The van der Waals surface area contributed by atoms with Gasteiger partial charge in [0.25, 0.3) is 0 Å². The zero-order valence-corrected chi connectivity index (χ0v) is 14.2. The fraction of sp³-hybridized carbons (Fsp3) is 0.350. The summed E-state index contributed by atoms with van der Waals surface area (Å²) in [5.41, 5.74) is 5.47. The monoisotopic (exact) mass is 321 g/mol. The van der Waals surface area contributed by atoms with Crippen LogP contribution in [-0.2, 0) is 0 Å². The minimum absolute atomic E-state index is 0.0442. The molecule has 0 saturated carbocycles. The maximum Gasteiger partial charge on any atom is 0.326 e. The van der Waals surface area contributed by atoms with Crippen LogP contribution in [0.2, 0.25) is 0 Å². The Hall–Kier alpha value is -2.49. The van der Waals surface area contributed by atoms with Gasteiger partial charge in [-0.2, -0.15) is 0 Å². The summed E-state index contributed by atoms with van der Waals surface area (Å²) in [7, 11) is 0. The highest BCUT2D eigenvalue weighted by Gasteiger charge is 2.36. The second-order valence-corrected chi connectivity index (χ2v) is 6.82. The Morgan fingerprint density at radius 2 is 1.88 bits per heavy atom. The summed E-state index contributed by atoms with van der Waals surface area (Å²) in [5.74, 6) is 0. The van der Waals surface area contributed by atoms with Crippen molar-refractivity contribution >= 4 is 23.1 Å². The molecule has 2 aliphatic heterocycles. The smallest absolute Gasteiger partial charge is 0.326 e. The van der Waals surface area contributed by atoms with Crippen LogP contribution in [0.15, 0.2) is 42.5 Å². The normalized spacial score (nSPS) is 19.0. The highest BCUT2D eigenvalue weighted by Crippen LogP contribution is 2.39. The van der Waals surface area contributed by atoms with Gasteiger partial charge < -0.3 is 10.2 Å². The lowest BCUT2D eigenvalue weighted by molar-refractivity contribution is 0.256. The molecule has 2 amide bonds. The third-order valence-corrected chi connectivity index (χ3v) is 5.26. The van der Waals surface area contributed by atoms with Crippen molar-refractivity contribution in [2.24, 2.45) is 0 Å². The molecule has 1 fully saturated rings. The van der Waals surface area contributed by atoms with E-state index in [1.807, 2.05) is 35.2 Å². The summed E-state index contributed by atoms with van der Waals surface area (Å²) in [6, 6.07) is 14.7. The van der Waals surface area contributed by atoms with E-state index in [1.54, 1.807) is 0 Å². The predicted molar refractivity (Wildman–Crippen MR) is 99.1 cm³/mol. The number of nitrogens with zero attached hydrogens (tertiary/aromatic N) is 2. The van der Waals surface area contributed by atoms with Crippen LogP contribution in [0.3, 0.4) is 0 Å². The first-order valence-corrected chi connectivity index (χ1v) is 8.65. The van der Waals surface area contributed by atoms with Crippen molar-refractivity contribution in [3.8, 4) is 0 Å². The molecule has 2 aliphatic rings. The summed E-state index contributed by atoms with van der Waals surface area (Å²) in [6.45, 7) is 6.00. The van der Waals surface area contributed by atoms with Crippen molar-refractivity contribution < 1.29 is 4.79 Å². The van der Waals surface area contributed by atoms with Crippen molar-refractivity contribution in [1.82, 2.24) is 0 Å². The average Bonchev–Trinajstić information content (AvgIpc) is 3.06. The maximum absolute atomic E-state index is 12.9. The lowest BCUT2D eigenvalue weighted by Gasteiger charge is -2.40. The molecule has 0 radical (unpaired) electrons. The van der Waals surface area contributed by atoms with E-state index in [1.165, 1.54) is 23.2 Å². The highest BCUT2D eigenvalue weighted by molar-refractivity contribution is 6.04. The van der Waals surface area contributed by atoms with Crippen LogP contribution in [0.5, 0.6) is 0 Å². The Kier molecular flexibility index (Phi) is 3.68. The molecule has 24 heavy (non-hydrogen) atoms. The fourth-order valence-electron chi connectivity index (χ4n) is 3.79. The second-order valence-electron chi connectivity index (χ2n) is 6.82. The number of rotatable bonds is 1. The lowest BCUT2D eigenvalue weighted by Crippen LogP contribution is -2.49. The van der Waals surface area contributed by atoms with Crippen LogP contribution >= 0.6 is 0 Å². The minimum Gasteiger partial charge on any atom is -0.365 e. The number of amides is 2. The van der Waals surface area contributed by atoms with Crippen LogP contribution in [0.25, 0.3) is 0 Å². The molecule has 1 N–H and O–H groups in total. The van der Waals surface area contributed by atoms with Gasteiger partial charge in [-0.3, -0.25) is 4.90 Å². The zero-order valence-electron chi connectivity index (χ0n) is 14.2. The molecular weight excluding hydrogens is 298 g/mol. The third kappa shape index (κ3) is 2.52. The van der Waals surface area contributed by atoms with E-state index in [2.05, 4.69) is 36.2 Å². The van der Waals surface area contributed by atoms with E-state index >= 15 is 0 Å². The Morgan fingerprint density at radius 1 is 1.08 bits per heavy atom. The van der Waals surface area contributed by atoms with Crippen molar-refractivity contribution in [3.05, 3.63) is 53.6 Å². The Morgan fingerprint density at radius 3 is 2.67 bits per heavy atom. The van der Waals surface area contributed by atoms with Crippen LogP contribution in [0, 0.1) is 13.8 Å². The highest BCUT2D eigenvalue weighted by atomic mass is 16.2. The first kappa shape index (κ1) is 15.1. The molecule has 0 bridgehead atoms. The number of para-hydroxylation sites is 2. The summed E-state index contributed by atoms with van der Waals surface area (Å²) in [6.07, 6.45) is 2.35. The molecule has 124 valence electrons. The number of fused-ring (bicyclic) bond motifs is 3. The van der Waals surface area contributed by atoms with Gasteiger partial charge in [-0.15, -0.1) is 0 Å². The van der Waals surface area contributed by atoms with E-state index in [9.17, 15) is 4.79 Å². The molecule has 1 atom stereocenters. The number of benzene rings is 2. The summed E-state index contributed by atoms with van der Waals surface area (Å²) in [5, 5.41) is 3.07. The number of carbonyl (C=O) groups is 1. The third-order valence-electron chi connectivity index (χ3n) is 5.26. The lowest BCUT2D eigenvalue weighted by atomic mass is 10.1. The first-order chi connectivity index (χ1) is 11.6. The van der Waals surface area contributed by atoms with Gasteiger partial charge in [0.05, 0.1) is 11.4 Å². The van der Waals surface area contributed by atoms with Gasteiger partial charge >= 0.3 is 6.03 Å². The number of anilines is 3. The summed E-state index contributed by atoms with van der Waals surface area (Å²) >= 11 is 0. The van der Waals surface area contributed by atoms with Crippen LogP contribution in [-0.4, -0.2) is 25.2 Å². The van der Waals surface area contributed by atoms with E-state index in [0.29, 0.717) is 6.04 Å². The molecule has 4 nitrogen and oxygen atoms in total. The number of aryl methyl sites for hydroxylation is 2. The fourth-order valence-corrected chi connectivity index (χ4v) is 3.79. The van der Waals surface area contributed by atoms with Crippen LogP contribution in [0.4, 0.5) is 21.9 Å². The van der Waals surface area contributed by atoms with E-state index < -0.39 is 0 Å². The molecule has 2 heterocycles. The SMILES string of the molecule is Cc1ccc(NC(=O)N2C[C@@H]3CCCN3c3ccccc32)cc1C. The van der Waals surface area contributed by atoms with Gasteiger partial charge in [-0.05, 0) is 62.1 Å². The van der Waals surface area contributed by atoms with Gasteiger partial charge in [0.1, 0.15) is 0 Å².